The Hall–Kier alpha value is -0.940. The molecule has 16 heavy (non-hydrogen) atoms. The highest BCUT2D eigenvalue weighted by atomic mass is 16.5. The maximum Gasteiger partial charge on any atom is 0.243 e. The van der Waals surface area contributed by atoms with Gasteiger partial charge in [-0.3, -0.25) is 0 Å². The molecular weight excluding hydrogens is 206 g/mol. The second kappa shape index (κ2) is 5.41. The summed E-state index contributed by atoms with van der Waals surface area (Å²) in [6.07, 6.45) is 4.18. The van der Waals surface area contributed by atoms with Crippen LogP contribution >= 0.6 is 0 Å². The Bertz CT molecular complexity index is 321. The fraction of sp³-hybridized carbons (Fsp3) is 0.818. The number of nitrogens with one attached hydrogen (secondary N) is 1. The minimum absolute atomic E-state index is 0.0381. The van der Waals surface area contributed by atoms with Gasteiger partial charge in [0, 0.05) is 7.11 Å². The van der Waals surface area contributed by atoms with E-state index in [0.717, 1.165) is 25.8 Å². The molecule has 2 unspecified atom stereocenters. The van der Waals surface area contributed by atoms with Crippen molar-refractivity contribution in [2.45, 2.75) is 44.8 Å². The number of ether oxygens (including phenoxy) is 1. The Morgan fingerprint density at radius 3 is 3.12 bits per heavy atom. The van der Waals surface area contributed by atoms with Crippen molar-refractivity contribution in [2.24, 2.45) is 0 Å². The summed E-state index contributed by atoms with van der Waals surface area (Å²) in [5.74, 6) is 1.37. The molecule has 0 radical (unpaired) electrons. The Morgan fingerprint density at radius 1 is 1.62 bits per heavy atom. The molecule has 1 N–H and O–H groups in total. The molecule has 2 atom stereocenters. The lowest BCUT2D eigenvalue weighted by Crippen LogP contribution is -2.13. The van der Waals surface area contributed by atoms with Gasteiger partial charge in [-0.1, -0.05) is 18.5 Å². The molecule has 0 amide bonds. The van der Waals surface area contributed by atoms with Crippen LogP contribution in [-0.2, 0) is 4.74 Å². The van der Waals surface area contributed by atoms with Crippen LogP contribution < -0.4 is 5.32 Å². The predicted octanol–water partition coefficient (Wildman–Crippen LogP) is 1.98. The fourth-order valence-electron chi connectivity index (χ4n) is 2.03. The van der Waals surface area contributed by atoms with E-state index in [1.54, 1.807) is 7.11 Å². The zero-order valence-electron chi connectivity index (χ0n) is 9.90. The average Bonchev–Trinajstić information content (AvgIpc) is 2.95. The molecule has 2 rings (SSSR count). The Kier molecular flexibility index (Phi) is 3.90. The van der Waals surface area contributed by atoms with E-state index >= 15 is 0 Å². The molecule has 1 saturated heterocycles. The molecule has 0 aliphatic carbocycles. The predicted molar refractivity (Wildman–Crippen MR) is 58.9 cm³/mol. The van der Waals surface area contributed by atoms with Crippen molar-refractivity contribution in [3.8, 4) is 0 Å². The highest BCUT2D eigenvalue weighted by Gasteiger charge is 2.24. The normalized spacial score (nSPS) is 22.5. The standard InChI is InChI=1S/C11H19N3O2/c1-3-5-9(15-2)10-13-11(16-14-10)8-6-4-7-12-8/h8-9,12H,3-7H2,1-2H3. The number of aromatic nitrogens is 2. The lowest BCUT2D eigenvalue weighted by Gasteiger charge is -2.08. The van der Waals surface area contributed by atoms with E-state index in [2.05, 4.69) is 22.4 Å². The van der Waals surface area contributed by atoms with Crippen molar-refractivity contribution >= 4 is 0 Å². The molecular formula is C11H19N3O2. The van der Waals surface area contributed by atoms with E-state index in [0.29, 0.717) is 11.7 Å². The number of nitrogens with zero attached hydrogens (tertiary/aromatic N) is 2. The van der Waals surface area contributed by atoms with Gasteiger partial charge in [-0.25, -0.2) is 0 Å². The van der Waals surface area contributed by atoms with Crippen molar-refractivity contribution in [3.05, 3.63) is 11.7 Å². The zero-order valence-corrected chi connectivity index (χ0v) is 9.90. The first-order valence-corrected chi connectivity index (χ1v) is 5.94. The number of rotatable bonds is 5. The highest BCUT2D eigenvalue weighted by molar-refractivity contribution is 4.97. The van der Waals surface area contributed by atoms with Crippen LogP contribution in [0.2, 0.25) is 0 Å². The third kappa shape index (κ3) is 2.41. The van der Waals surface area contributed by atoms with Crippen molar-refractivity contribution in [2.75, 3.05) is 13.7 Å². The van der Waals surface area contributed by atoms with Gasteiger partial charge in [-0.2, -0.15) is 4.98 Å². The third-order valence-electron chi connectivity index (χ3n) is 2.94. The molecule has 0 aromatic carbocycles. The van der Waals surface area contributed by atoms with E-state index in [1.807, 2.05) is 0 Å². The minimum atomic E-state index is -0.0381. The van der Waals surface area contributed by atoms with Gasteiger partial charge in [0.1, 0.15) is 6.10 Å². The van der Waals surface area contributed by atoms with Crippen LogP contribution in [0.5, 0.6) is 0 Å². The van der Waals surface area contributed by atoms with E-state index in [4.69, 9.17) is 9.26 Å². The first-order valence-electron chi connectivity index (χ1n) is 5.94. The molecule has 90 valence electrons. The molecule has 0 spiro atoms. The first kappa shape index (κ1) is 11.5. The van der Waals surface area contributed by atoms with Gasteiger partial charge < -0.3 is 14.6 Å². The molecule has 0 bridgehead atoms. The monoisotopic (exact) mass is 225 g/mol. The van der Waals surface area contributed by atoms with Gasteiger partial charge in [0.2, 0.25) is 11.7 Å². The molecule has 2 heterocycles. The van der Waals surface area contributed by atoms with Crippen LogP contribution in [0.25, 0.3) is 0 Å². The first-order chi connectivity index (χ1) is 7.85. The van der Waals surface area contributed by atoms with E-state index in [1.165, 1.54) is 6.42 Å². The van der Waals surface area contributed by atoms with Gasteiger partial charge >= 0.3 is 0 Å². The minimum Gasteiger partial charge on any atom is -0.373 e. The molecule has 1 aliphatic heterocycles. The van der Waals surface area contributed by atoms with Gasteiger partial charge in [-0.05, 0) is 25.8 Å². The molecule has 5 heteroatoms. The van der Waals surface area contributed by atoms with Gasteiger partial charge in [0.25, 0.3) is 0 Å². The van der Waals surface area contributed by atoms with E-state index in [9.17, 15) is 0 Å². The molecule has 1 aromatic rings. The molecule has 5 nitrogen and oxygen atoms in total. The van der Waals surface area contributed by atoms with Crippen molar-refractivity contribution < 1.29 is 9.26 Å². The lowest BCUT2D eigenvalue weighted by molar-refractivity contribution is 0.0854. The molecule has 1 aliphatic rings. The van der Waals surface area contributed by atoms with Crippen molar-refractivity contribution in [1.82, 2.24) is 15.5 Å². The molecule has 0 saturated carbocycles. The van der Waals surface area contributed by atoms with Gasteiger partial charge in [-0.15, -0.1) is 0 Å². The van der Waals surface area contributed by atoms with Crippen LogP contribution in [0.3, 0.4) is 0 Å². The van der Waals surface area contributed by atoms with E-state index < -0.39 is 0 Å². The summed E-state index contributed by atoms with van der Waals surface area (Å²) < 4.78 is 10.6. The smallest absolute Gasteiger partial charge is 0.243 e. The number of hydrogen-bond donors (Lipinski definition) is 1. The summed E-state index contributed by atoms with van der Waals surface area (Å²) in [6, 6.07) is 0.236. The van der Waals surface area contributed by atoms with E-state index in [-0.39, 0.29) is 12.1 Å². The van der Waals surface area contributed by atoms with Crippen molar-refractivity contribution in [3.63, 3.8) is 0 Å². The van der Waals surface area contributed by atoms with Crippen molar-refractivity contribution in [1.29, 1.82) is 0 Å². The second-order valence-electron chi connectivity index (χ2n) is 4.15. The van der Waals surface area contributed by atoms with Crippen LogP contribution in [0.1, 0.15) is 56.5 Å². The third-order valence-corrected chi connectivity index (χ3v) is 2.94. The SMILES string of the molecule is CCCC(OC)c1noc(C2CCCN2)n1. The molecule has 1 fully saturated rings. The van der Waals surface area contributed by atoms with Crippen LogP contribution in [0.15, 0.2) is 4.52 Å². The maximum atomic E-state index is 5.35. The lowest BCUT2D eigenvalue weighted by atomic mass is 10.2. The number of methoxy groups -OCH3 is 1. The fourth-order valence-corrected chi connectivity index (χ4v) is 2.03. The van der Waals surface area contributed by atoms with Crippen LogP contribution in [0, 0.1) is 0 Å². The summed E-state index contributed by atoms with van der Waals surface area (Å²) in [7, 11) is 1.68. The Labute approximate surface area is 95.6 Å². The quantitative estimate of drug-likeness (QED) is 0.830. The van der Waals surface area contributed by atoms with Gasteiger partial charge in [0.15, 0.2) is 0 Å². The summed E-state index contributed by atoms with van der Waals surface area (Å²) in [5, 5.41) is 7.34. The topological polar surface area (TPSA) is 60.2 Å². The van der Waals surface area contributed by atoms with Gasteiger partial charge in [0.05, 0.1) is 6.04 Å². The van der Waals surface area contributed by atoms with Crippen LogP contribution in [0.4, 0.5) is 0 Å². The Balaban J connectivity index is 2.05. The van der Waals surface area contributed by atoms with Crippen LogP contribution in [-0.4, -0.2) is 23.8 Å². The second-order valence-corrected chi connectivity index (χ2v) is 4.15. The zero-order chi connectivity index (χ0) is 11.4. The Morgan fingerprint density at radius 2 is 2.50 bits per heavy atom. The average molecular weight is 225 g/mol. The summed E-state index contributed by atoms with van der Waals surface area (Å²) in [5.41, 5.74) is 0. The maximum absolute atomic E-state index is 5.35. The summed E-state index contributed by atoms with van der Waals surface area (Å²) in [6.45, 7) is 3.15. The molecule has 1 aromatic heterocycles. The summed E-state index contributed by atoms with van der Waals surface area (Å²) >= 11 is 0. The summed E-state index contributed by atoms with van der Waals surface area (Å²) in [4.78, 5) is 4.42. The largest absolute Gasteiger partial charge is 0.373 e. The number of hydrogen-bond acceptors (Lipinski definition) is 5. The highest BCUT2D eigenvalue weighted by Crippen LogP contribution is 2.24.